The molecule has 2 atom stereocenters. The first-order valence-corrected chi connectivity index (χ1v) is 10.8. The van der Waals surface area contributed by atoms with Crippen molar-refractivity contribution in [2.75, 3.05) is 26.3 Å². The summed E-state index contributed by atoms with van der Waals surface area (Å²) in [6.07, 6.45) is 1.13. The van der Waals surface area contributed by atoms with E-state index in [2.05, 4.69) is 10.2 Å². The molecule has 0 radical (unpaired) electrons. The van der Waals surface area contributed by atoms with E-state index in [1.807, 2.05) is 13.8 Å². The van der Waals surface area contributed by atoms with Gasteiger partial charge in [0.2, 0.25) is 5.91 Å². The number of hydrogen-bond acceptors (Lipinski definition) is 5. The van der Waals surface area contributed by atoms with Crippen LogP contribution in [-0.2, 0) is 16.0 Å². The topological polar surface area (TPSA) is 95.6 Å². The molecule has 2 saturated heterocycles. The van der Waals surface area contributed by atoms with Crippen LogP contribution in [0.25, 0.3) is 0 Å². The summed E-state index contributed by atoms with van der Waals surface area (Å²) in [7, 11) is 0. The van der Waals surface area contributed by atoms with Crippen LogP contribution in [0.4, 0.5) is 4.39 Å². The van der Waals surface area contributed by atoms with Crippen molar-refractivity contribution in [3.8, 4) is 0 Å². The zero-order chi connectivity index (χ0) is 23.0. The van der Waals surface area contributed by atoms with Gasteiger partial charge in [0.25, 0.3) is 11.5 Å². The maximum absolute atomic E-state index is 14.6. The first-order chi connectivity index (χ1) is 15.3. The fraction of sp³-hybridized carbons (Fsp3) is 0.478. The fourth-order valence-electron chi connectivity index (χ4n) is 4.48. The van der Waals surface area contributed by atoms with Crippen molar-refractivity contribution in [2.45, 2.75) is 45.7 Å². The molecule has 0 unspecified atom stereocenters. The summed E-state index contributed by atoms with van der Waals surface area (Å²) in [6, 6.07) is 4.22. The van der Waals surface area contributed by atoms with E-state index in [1.54, 1.807) is 17.9 Å². The second-order valence-electron chi connectivity index (χ2n) is 8.59. The van der Waals surface area contributed by atoms with Gasteiger partial charge in [-0.25, -0.2) is 9.49 Å². The van der Waals surface area contributed by atoms with Crippen LogP contribution in [-0.4, -0.2) is 70.2 Å². The summed E-state index contributed by atoms with van der Waals surface area (Å²) in [5, 5.41) is 6.56. The Labute approximate surface area is 185 Å². The van der Waals surface area contributed by atoms with Crippen LogP contribution < -0.4 is 5.56 Å². The molecule has 2 fully saturated rings. The van der Waals surface area contributed by atoms with Gasteiger partial charge >= 0.3 is 0 Å². The number of ether oxygens (including phenoxy) is 1. The second-order valence-corrected chi connectivity index (χ2v) is 8.59. The molecular weight excluding hydrogens is 415 g/mol. The Morgan fingerprint density at radius 1 is 1.28 bits per heavy atom. The van der Waals surface area contributed by atoms with Gasteiger partial charge in [-0.2, -0.15) is 5.10 Å². The number of benzene rings is 1. The Hall–Kier alpha value is -3.07. The molecule has 32 heavy (non-hydrogen) atoms. The number of H-pyrrole nitrogens is 1. The van der Waals surface area contributed by atoms with Gasteiger partial charge in [-0.05, 0) is 50.5 Å². The summed E-state index contributed by atoms with van der Waals surface area (Å²) in [4.78, 5) is 40.8. The molecule has 0 bridgehead atoms. The van der Waals surface area contributed by atoms with Crippen LogP contribution in [0.15, 0.2) is 23.0 Å². The number of amides is 2. The zero-order valence-electron chi connectivity index (χ0n) is 18.5. The Morgan fingerprint density at radius 2 is 2.06 bits per heavy atom. The Bertz CT molecular complexity index is 1110. The van der Waals surface area contributed by atoms with Gasteiger partial charge in [-0.1, -0.05) is 6.07 Å². The molecule has 2 aliphatic rings. The maximum Gasteiger partial charge on any atom is 0.267 e. The SMILES string of the molecule is Cc1c(Cc2ccc(F)c(C(=O)N3CC(=O)N([C@H]4CCOC4)[C@@H](C)C3)c2)n[nH]c(=O)c1C. The van der Waals surface area contributed by atoms with Crippen LogP contribution in [0, 0.1) is 19.7 Å². The van der Waals surface area contributed by atoms with Gasteiger partial charge < -0.3 is 14.5 Å². The van der Waals surface area contributed by atoms with Crippen molar-refractivity contribution in [1.82, 2.24) is 20.0 Å². The highest BCUT2D eigenvalue weighted by Crippen LogP contribution is 2.23. The lowest BCUT2D eigenvalue weighted by Gasteiger charge is -2.42. The molecule has 8 nitrogen and oxygen atoms in total. The molecule has 1 N–H and O–H groups in total. The van der Waals surface area contributed by atoms with Gasteiger partial charge in [-0.3, -0.25) is 14.4 Å². The number of carbonyl (C=O) groups excluding carboxylic acids is 2. The van der Waals surface area contributed by atoms with E-state index in [0.717, 1.165) is 12.0 Å². The molecule has 2 aliphatic heterocycles. The molecule has 3 heterocycles. The van der Waals surface area contributed by atoms with Crippen molar-refractivity contribution in [3.05, 3.63) is 62.3 Å². The van der Waals surface area contributed by atoms with Crippen LogP contribution in [0.5, 0.6) is 0 Å². The number of hydrogen-bond donors (Lipinski definition) is 1. The van der Waals surface area contributed by atoms with Crippen LogP contribution in [0.3, 0.4) is 0 Å². The van der Waals surface area contributed by atoms with Crippen LogP contribution in [0.2, 0.25) is 0 Å². The highest BCUT2D eigenvalue weighted by atomic mass is 19.1. The van der Waals surface area contributed by atoms with Crippen molar-refractivity contribution in [2.24, 2.45) is 0 Å². The maximum atomic E-state index is 14.6. The molecule has 4 rings (SSSR count). The molecule has 0 spiro atoms. The molecule has 0 aliphatic carbocycles. The molecule has 2 aromatic rings. The number of nitrogens with one attached hydrogen (secondary N) is 1. The second kappa shape index (κ2) is 8.82. The quantitative estimate of drug-likeness (QED) is 0.776. The number of rotatable bonds is 4. The predicted octanol–water partition coefficient (Wildman–Crippen LogP) is 1.58. The average molecular weight is 442 g/mol. The summed E-state index contributed by atoms with van der Waals surface area (Å²) in [6.45, 7) is 6.82. The Balaban J connectivity index is 1.54. The monoisotopic (exact) mass is 442 g/mol. The van der Waals surface area contributed by atoms with Crippen LogP contribution in [0.1, 0.15) is 46.1 Å². The molecule has 0 saturated carbocycles. The molecular formula is C23H27FN4O4. The van der Waals surface area contributed by atoms with Crippen LogP contribution >= 0.6 is 0 Å². The standard InChI is InChI=1S/C23H27FN4O4/c1-13-10-27(11-21(29)28(13)17-6-7-32-12-17)23(31)18-8-16(4-5-19(18)24)9-20-14(2)15(3)22(30)26-25-20/h4-5,8,13,17H,6-7,9-12H2,1-3H3,(H,26,30)/t13-,17-/m0/s1. The molecule has 9 heteroatoms. The van der Waals surface area contributed by atoms with Gasteiger partial charge in [0.1, 0.15) is 12.4 Å². The van der Waals surface area contributed by atoms with E-state index in [-0.39, 0.29) is 35.7 Å². The first-order valence-electron chi connectivity index (χ1n) is 10.8. The van der Waals surface area contributed by atoms with Crippen molar-refractivity contribution < 1.29 is 18.7 Å². The van der Waals surface area contributed by atoms with Gasteiger partial charge in [0.15, 0.2) is 0 Å². The van der Waals surface area contributed by atoms with E-state index >= 15 is 0 Å². The first kappa shape index (κ1) is 22.1. The van der Waals surface area contributed by atoms with Crippen molar-refractivity contribution in [1.29, 1.82) is 0 Å². The Morgan fingerprint density at radius 3 is 2.75 bits per heavy atom. The van der Waals surface area contributed by atoms with Gasteiger partial charge in [0.05, 0.1) is 23.9 Å². The number of aromatic amines is 1. The summed E-state index contributed by atoms with van der Waals surface area (Å²) in [5.74, 6) is -1.28. The van der Waals surface area contributed by atoms with E-state index in [1.165, 1.54) is 17.0 Å². The highest BCUT2D eigenvalue weighted by Gasteiger charge is 2.38. The lowest BCUT2D eigenvalue weighted by molar-refractivity contribution is -0.141. The number of piperazine rings is 1. The van der Waals surface area contributed by atoms with E-state index in [9.17, 15) is 18.8 Å². The van der Waals surface area contributed by atoms with Crippen molar-refractivity contribution >= 4 is 11.8 Å². The minimum atomic E-state index is -0.632. The third-order valence-electron chi connectivity index (χ3n) is 6.42. The minimum absolute atomic E-state index is 0.0336. The predicted molar refractivity (Wildman–Crippen MR) is 115 cm³/mol. The lowest BCUT2D eigenvalue weighted by atomic mass is 10.0. The number of carbonyl (C=O) groups is 2. The summed E-state index contributed by atoms with van der Waals surface area (Å²) >= 11 is 0. The summed E-state index contributed by atoms with van der Waals surface area (Å²) in [5.41, 5.74) is 2.37. The fourth-order valence-corrected chi connectivity index (χ4v) is 4.48. The van der Waals surface area contributed by atoms with E-state index in [4.69, 9.17) is 4.74 Å². The van der Waals surface area contributed by atoms with Crippen molar-refractivity contribution in [3.63, 3.8) is 0 Å². The highest BCUT2D eigenvalue weighted by molar-refractivity contribution is 5.97. The molecule has 1 aromatic heterocycles. The Kier molecular flexibility index (Phi) is 6.10. The number of halogens is 1. The third kappa shape index (κ3) is 4.17. The van der Waals surface area contributed by atoms with Gasteiger partial charge in [0, 0.05) is 31.2 Å². The third-order valence-corrected chi connectivity index (χ3v) is 6.42. The molecule has 170 valence electrons. The lowest BCUT2D eigenvalue weighted by Crippen LogP contribution is -2.60. The normalized spacial score (nSPS) is 21.3. The zero-order valence-corrected chi connectivity index (χ0v) is 18.5. The number of nitrogens with zero attached hydrogens (tertiary/aromatic N) is 3. The van der Waals surface area contributed by atoms with E-state index in [0.29, 0.717) is 43.0 Å². The summed E-state index contributed by atoms with van der Waals surface area (Å²) < 4.78 is 20.0. The molecule has 1 aromatic carbocycles. The smallest absolute Gasteiger partial charge is 0.267 e. The number of aromatic nitrogens is 2. The minimum Gasteiger partial charge on any atom is -0.379 e. The average Bonchev–Trinajstić information content (AvgIpc) is 3.28. The largest absolute Gasteiger partial charge is 0.379 e. The molecule has 2 amide bonds. The van der Waals surface area contributed by atoms with E-state index < -0.39 is 11.7 Å². The van der Waals surface area contributed by atoms with Gasteiger partial charge in [-0.15, -0.1) is 0 Å².